The van der Waals surface area contributed by atoms with Gasteiger partial charge in [-0.15, -0.1) is 4.73 Å². The van der Waals surface area contributed by atoms with E-state index in [-0.39, 0.29) is 26.9 Å². The summed E-state index contributed by atoms with van der Waals surface area (Å²) in [5.74, 6) is -1.41. The van der Waals surface area contributed by atoms with Crippen molar-refractivity contribution < 1.29 is 24.0 Å². The molecule has 2 rings (SSSR count). The molecule has 0 aliphatic heterocycles. The van der Waals surface area contributed by atoms with Crippen molar-refractivity contribution in [3.63, 3.8) is 0 Å². The molecule has 0 atom stereocenters. The van der Waals surface area contributed by atoms with E-state index in [1.54, 1.807) is 0 Å². The SMILES string of the molecule is Cc1c(C)c([Si]O[Si])c(C(=O)On2c(O)ccc2O)c(C(C)(C)C)c1C. The molecule has 1 heterocycles. The number of carbonyl (C=O) groups is 1. The van der Waals surface area contributed by atoms with Crippen LogP contribution in [0.15, 0.2) is 12.1 Å². The van der Waals surface area contributed by atoms with Gasteiger partial charge in [-0.2, -0.15) is 0 Å². The zero-order valence-electron chi connectivity index (χ0n) is 15.7. The zero-order valence-corrected chi connectivity index (χ0v) is 17.7. The van der Waals surface area contributed by atoms with Gasteiger partial charge in [0.1, 0.15) is 0 Å². The molecule has 0 saturated heterocycles. The Hall–Kier alpha value is -2.04. The van der Waals surface area contributed by atoms with Crippen molar-refractivity contribution in [2.75, 3.05) is 0 Å². The summed E-state index contributed by atoms with van der Waals surface area (Å²) in [6.45, 7) is 12.0. The Morgan fingerprint density at radius 3 is 2.08 bits per heavy atom. The molecule has 1 aromatic carbocycles. The Kier molecular flexibility index (Phi) is 5.69. The average molecular weight is 389 g/mol. The molecule has 0 fully saturated rings. The molecule has 5 radical (unpaired) electrons. The van der Waals surface area contributed by atoms with E-state index < -0.39 is 5.97 Å². The van der Waals surface area contributed by atoms with Gasteiger partial charge in [0.15, 0.2) is 0 Å². The van der Waals surface area contributed by atoms with Gasteiger partial charge in [0.05, 0.1) is 5.56 Å². The second-order valence-corrected chi connectivity index (χ2v) is 8.70. The van der Waals surface area contributed by atoms with E-state index in [0.717, 1.165) is 27.4 Å². The highest BCUT2D eigenvalue weighted by molar-refractivity contribution is 6.53. The molecular weight excluding hydrogens is 366 g/mol. The summed E-state index contributed by atoms with van der Waals surface area (Å²) in [4.78, 5) is 18.3. The molecule has 6 nitrogen and oxygen atoms in total. The van der Waals surface area contributed by atoms with E-state index in [0.29, 0.717) is 10.3 Å². The van der Waals surface area contributed by atoms with Crippen molar-refractivity contribution in [2.45, 2.75) is 47.0 Å². The molecule has 0 aliphatic rings. The quantitative estimate of drug-likeness (QED) is 0.780. The Balaban J connectivity index is 2.73. The minimum atomic E-state index is -0.672. The van der Waals surface area contributed by atoms with Gasteiger partial charge < -0.3 is 19.2 Å². The largest absolute Gasteiger partial charge is 0.492 e. The summed E-state index contributed by atoms with van der Waals surface area (Å²) in [5, 5.41) is 20.3. The first-order chi connectivity index (χ1) is 12.0. The summed E-state index contributed by atoms with van der Waals surface area (Å²) in [7, 11) is 2.92. The van der Waals surface area contributed by atoms with Crippen molar-refractivity contribution in [2.24, 2.45) is 0 Å². The minimum absolute atomic E-state index is 0.113. The molecule has 0 saturated carbocycles. The lowest BCUT2D eigenvalue weighted by atomic mass is 9.78. The average Bonchev–Trinajstić information content (AvgIpc) is 2.85. The number of hydrogen-bond acceptors (Lipinski definition) is 5. The summed E-state index contributed by atoms with van der Waals surface area (Å²) in [6.07, 6.45) is 0. The molecule has 2 aromatic rings. The van der Waals surface area contributed by atoms with Gasteiger partial charge in [0.25, 0.3) is 9.76 Å². The van der Waals surface area contributed by atoms with Crippen molar-refractivity contribution in [1.82, 2.24) is 4.73 Å². The fourth-order valence-electron chi connectivity index (χ4n) is 3.10. The topological polar surface area (TPSA) is 80.9 Å². The molecule has 26 heavy (non-hydrogen) atoms. The smallest absolute Gasteiger partial charge is 0.364 e. The monoisotopic (exact) mass is 388 g/mol. The fraction of sp³-hybridized carbons (Fsp3) is 0.389. The zero-order chi connectivity index (χ0) is 19.8. The second kappa shape index (κ2) is 7.30. The number of nitrogens with zero attached hydrogens (tertiary/aromatic N) is 1. The van der Waals surface area contributed by atoms with Gasteiger partial charge in [0, 0.05) is 12.1 Å². The third-order valence-corrected chi connectivity index (χ3v) is 5.69. The molecular formula is C18H22NO5Si2. The minimum Gasteiger partial charge on any atom is -0.492 e. The first kappa shape index (κ1) is 20.3. The lowest BCUT2D eigenvalue weighted by Crippen LogP contribution is -2.37. The van der Waals surface area contributed by atoms with Crippen LogP contribution in [-0.2, 0) is 9.53 Å². The summed E-state index contributed by atoms with van der Waals surface area (Å²) in [6, 6.07) is 2.48. The molecule has 2 N–H and O–H groups in total. The highest BCUT2D eigenvalue weighted by Gasteiger charge is 2.31. The van der Waals surface area contributed by atoms with E-state index in [2.05, 4.69) is 10.5 Å². The van der Waals surface area contributed by atoms with Gasteiger partial charge in [-0.1, -0.05) is 20.8 Å². The highest BCUT2D eigenvalue weighted by Crippen LogP contribution is 2.32. The van der Waals surface area contributed by atoms with Gasteiger partial charge in [0.2, 0.25) is 22.2 Å². The van der Waals surface area contributed by atoms with Gasteiger partial charge >= 0.3 is 5.97 Å². The molecule has 8 heteroatoms. The van der Waals surface area contributed by atoms with E-state index in [9.17, 15) is 15.0 Å². The van der Waals surface area contributed by atoms with Crippen LogP contribution in [0.1, 0.15) is 53.4 Å². The third kappa shape index (κ3) is 3.57. The van der Waals surface area contributed by atoms with Crippen molar-refractivity contribution in [3.05, 3.63) is 39.9 Å². The van der Waals surface area contributed by atoms with Crippen molar-refractivity contribution in [3.8, 4) is 11.8 Å². The molecule has 137 valence electrons. The lowest BCUT2D eigenvalue weighted by molar-refractivity contribution is 0.0380. The van der Waals surface area contributed by atoms with E-state index in [4.69, 9.17) is 8.95 Å². The highest BCUT2D eigenvalue weighted by atomic mass is 28.3. The Morgan fingerprint density at radius 1 is 1.08 bits per heavy atom. The van der Waals surface area contributed by atoms with Crippen LogP contribution >= 0.6 is 0 Å². The molecule has 0 aliphatic carbocycles. The van der Waals surface area contributed by atoms with Crippen molar-refractivity contribution >= 4 is 31.4 Å². The fourth-order valence-corrected chi connectivity index (χ4v) is 4.18. The molecule has 0 bridgehead atoms. The first-order valence-corrected chi connectivity index (χ1v) is 9.37. The Morgan fingerprint density at radius 2 is 1.62 bits per heavy atom. The van der Waals surface area contributed by atoms with Crippen LogP contribution in [0.3, 0.4) is 0 Å². The number of aromatic hydroxyl groups is 2. The molecule has 0 unspecified atom stereocenters. The molecule has 0 spiro atoms. The Bertz CT molecular complexity index is 833. The molecule has 1 aromatic heterocycles. The maximum atomic E-state index is 13.1. The van der Waals surface area contributed by atoms with Gasteiger partial charge in [-0.3, -0.25) is 0 Å². The lowest BCUT2D eigenvalue weighted by Gasteiger charge is -2.29. The number of hydrogen-bond donors (Lipinski definition) is 2. The van der Waals surface area contributed by atoms with Crippen LogP contribution in [0.2, 0.25) is 0 Å². The Labute approximate surface area is 159 Å². The van der Waals surface area contributed by atoms with Crippen LogP contribution in [0.4, 0.5) is 0 Å². The summed E-state index contributed by atoms with van der Waals surface area (Å²) in [5.41, 5.74) is 3.95. The van der Waals surface area contributed by atoms with Crippen LogP contribution in [0, 0.1) is 20.8 Å². The second-order valence-electron chi connectivity index (χ2n) is 7.18. The van der Waals surface area contributed by atoms with Gasteiger partial charge in [-0.05, 0) is 53.6 Å². The van der Waals surface area contributed by atoms with Crippen LogP contribution < -0.4 is 10.0 Å². The maximum Gasteiger partial charge on any atom is 0.364 e. The predicted octanol–water partition coefficient (Wildman–Crippen LogP) is 1.74. The predicted molar refractivity (Wildman–Crippen MR) is 100 cm³/mol. The standard InChI is InChI=1S/C18H22NO5Si2/c1-9-10(2)15(18(4,5)6)14(16(11(9)3)26-24-25)17(22)23-19-12(20)7-8-13(19)21/h7-8,20-21H,1-6H3. The van der Waals surface area contributed by atoms with E-state index in [1.165, 1.54) is 12.1 Å². The van der Waals surface area contributed by atoms with E-state index in [1.807, 2.05) is 41.5 Å². The first-order valence-electron chi connectivity index (χ1n) is 8.05. The van der Waals surface area contributed by atoms with Gasteiger partial charge in [-0.25, -0.2) is 4.79 Å². The third-order valence-electron chi connectivity index (χ3n) is 4.45. The van der Waals surface area contributed by atoms with Crippen molar-refractivity contribution in [1.29, 1.82) is 0 Å². The van der Waals surface area contributed by atoms with Crippen LogP contribution in [0.5, 0.6) is 11.8 Å². The number of aromatic nitrogens is 1. The summed E-state index contributed by atoms with van der Waals surface area (Å²) >= 11 is 0. The number of rotatable bonds is 4. The van der Waals surface area contributed by atoms with E-state index >= 15 is 0 Å². The van der Waals surface area contributed by atoms with Crippen LogP contribution in [-0.4, -0.2) is 41.2 Å². The maximum absolute atomic E-state index is 13.1. The number of carbonyl (C=O) groups excluding carboxylic acids is 1. The normalized spacial score (nSPS) is 11.7. The van der Waals surface area contributed by atoms with Crippen LogP contribution in [0.25, 0.3) is 0 Å². The number of benzene rings is 1. The summed E-state index contributed by atoms with van der Waals surface area (Å²) < 4.78 is 5.86. The molecule has 0 amide bonds.